The highest BCUT2D eigenvalue weighted by Crippen LogP contribution is 2.26. The number of aryl methyl sites for hydroxylation is 1. The number of rotatable bonds is 11. The molecule has 0 spiro atoms. The number of nitrogens with two attached hydrogens (primary N) is 2. The Bertz CT molecular complexity index is 941. The van der Waals surface area contributed by atoms with E-state index in [-0.39, 0.29) is 12.3 Å². The maximum Gasteiger partial charge on any atom is 0.314 e. The van der Waals surface area contributed by atoms with Crippen LogP contribution >= 0.6 is 0 Å². The van der Waals surface area contributed by atoms with Crippen molar-refractivity contribution in [3.05, 3.63) is 53.5 Å². The maximum absolute atomic E-state index is 10.8. The van der Waals surface area contributed by atoms with E-state index in [4.69, 9.17) is 21.3 Å². The summed E-state index contributed by atoms with van der Waals surface area (Å²) in [4.78, 5) is 32.3. The van der Waals surface area contributed by atoms with Crippen molar-refractivity contribution in [1.29, 1.82) is 0 Å². The van der Waals surface area contributed by atoms with Crippen molar-refractivity contribution in [2.75, 3.05) is 51.9 Å². The van der Waals surface area contributed by atoms with Crippen LogP contribution in [0.15, 0.2) is 36.7 Å². The molecule has 48 heavy (non-hydrogen) atoms. The average Bonchev–Trinajstić information content (AvgIpc) is 3.12. The number of anilines is 1. The number of benzene rings is 1. The van der Waals surface area contributed by atoms with Crippen LogP contribution < -0.4 is 16.4 Å². The van der Waals surface area contributed by atoms with Crippen LogP contribution in [0.5, 0.6) is 0 Å². The number of carbonyl (C=O) groups excluding carboxylic acids is 2. The number of urea groups is 1. The number of aromatic nitrogens is 2. The highest BCUT2D eigenvalue weighted by molar-refractivity contribution is 5.90. The molecule has 0 bridgehead atoms. The molecule has 0 saturated carbocycles. The van der Waals surface area contributed by atoms with Gasteiger partial charge in [0.2, 0.25) is 0 Å². The first-order chi connectivity index (χ1) is 23.1. The molecule has 1 aliphatic heterocycles. The predicted octanol–water partition coefficient (Wildman–Crippen LogP) is 8.36. The largest absolute Gasteiger partial charge is 0.394 e. The van der Waals surface area contributed by atoms with Gasteiger partial charge >= 0.3 is 6.03 Å². The van der Waals surface area contributed by atoms with Gasteiger partial charge in [-0.2, -0.15) is 0 Å². The molecule has 0 radical (unpaired) electrons. The van der Waals surface area contributed by atoms with Gasteiger partial charge in [-0.05, 0) is 56.9 Å². The molecule has 2 heterocycles. The summed E-state index contributed by atoms with van der Waals surface area (Å²) in [6, 6.07) is 8.65. The monoisotopic (exact) mass is 679 g/mol. The fourth-order valence-electron chi connectivity index (χ4n) is 4.06. The van der Waals surface area contributed by atoms with Crippen molar-refractivity contribution < 1.29 is 19.4 Å². The van der Waals surface area contributed by atoms with Crippen LogP contribution in [0.25, 0.3) is 0 Å². The molecule has 0 atom stereocenters. The Balaban J connectivity index is -0.000000270. The molecular formula is C38H74N6O4. The predicted molar refractivity (Wildman–Crippen MR) is 206 cm³/mol. The zero-order valence-corrected chi connectivity index (χ0v) is 32.8. The standard InChI is InChI=1S/C14H22.C10H14N4O.C5H12O2.C3H8N2O.3C2H6/c1-4-6-13(7-5-2)14-10-8-12(3)9-11-14;11-10(15)8-6-13-9(7-12-8)14-4-2-1-3-5-14;1-2-4-7-5-3-6;1-5(2)3(4)6;3*1-2/h8-11,13H,4-7H2,1-3H3;6-7H,1-5H2,(H2,11,15);6H,2-5H2,1H3;1-2H3,(H2,4,6);3*1-2H3. The Morgan fingerprint density at radius 3 is 1.69 bits per heavy atom. The van der Waals surface area contributed by atoms with Crippen molar-refractivity contribution in [2.24, 2.45) is 11.5 Å². The first-order valence-corrected chi connectivity index (χ1v) is 18.2. The molecule has 2 aromatic rings. The summed E-state index contributed by atoms with van der Waals surface area (Å²) in [6.45, 7) is 24.2. The van der Waals surface area contributed by atoms with Gasteiger partial charge in [0, 0.05) is 33.8 Å². The zero-order chi connectivity index (χ0) is 37.8. The number of piperidine rings is 1. The number of aliphatic hydroxyl groups is 1. The van der Waals surface area contributed by atoms with Crippen LogP contribution in [0, 0.1) is 6.92 Å². The zero-order valence-electron chi connectivity index (χ0n) is 32.8. The van der Waals surface area contributed by atoms with Gasteiger partial charge in [-0.25, -0.2) is 14.8 Å². The number of carbonyl (C=O) groups is 2. The van der Waals surface area contributed by atoms with Gasteiger partial charge in [-0.1, -0.05) is 105 Å². The van der Waals surface area contributed by atoms with E-state index in [0.29, 0.717) is 6.61 Å². The Morgan fingerprint density at radius 1 is 0.833 bits per heavy atom. The van der Waals surface area contributed by atoms with Crippen molar-refractivity contribution in [2.45, 2.75) is 127 Å². The van der Waals surface area contributed by atoms with Crippen LogP contribution in [-0.2, 0) is 4.74 Å². The molecule has 280 valence electrons. The van der Waals surface area contributed by atoms with E-state index in [2.05, 4.69) is 59.9 Å². The Morgan fingerprint density at radius 2 is 1.33 bits per heavy atom. The minimum absolute atomic E-state index is 0.139. The SMILES string of the molecule is CC.CC.CC.CCCC(CCC)c1ccc(C)cc1.CCCOCCO.CN(C)C(N)=O.NC(=O)c1cnc(N2CCCCC2)cn1. The van der Waals surface area contributed by atoms with Crippen LogP contribution in [0.3, 0.4) is 0 Å². The lowest BCUT2D eigenvalue weighted by atomic mass is 9.90. The fraction of sp³-hybridized carbons (Fsp3) is 0.684. The lowest BCUT2D eigenvalue weighted by Gasteiger charge is -2.27. The van der Waals surface area contributed by atoms with E-state index in [1.54, 1.807) is 20.3 Å². The second kappa shape index (κ2) is 38.2. The molecule has 0 unspecified atom stereocenters. The van der Waals surface area contributed by atoms with E-state index in [0.717, 1.165) is 37.9 Å². The van der Waals surface area contributed by atoms with E-state index in [9.17, 15) is 9.59 Å². The van der Waals surface area contributed by atoms with Gasteiger partial charge in [0.25, 0.3) is 5.91 Å². The van der Waals surface area contributed by atoms with E-state index >= 15 is 0 Å². The maximum atomic E-state index is 10.8. The van der Waals surface area contributed by atoms with Crippen molar-refractivity contribution in [1.82, 2.24) is 14.9 Å². The molecule has 1 fully saturated rings. The third kappa shape index (κ3) is 28.9. The lowest BCUT2D eigenvalue weighted by Crippen LogP contribution is -2.30. The number of aliphatic hydroxyl groups excluding tert-OH is 1. The summed E-state index contributed by atoms with van der Waals surface area (Å²) in [7, 11) is 3.20. The summed E-state index contributed by atoms with van der Waals surface area (Å²) >= 11 is 0. The summed E-state index contributed by atoms with van der Waals surface area (Å²) in [5, 5.41) is 8.17. The van der Waals surface area contributed by atoms with E-state index < -0.39 is 11.9 Å². The first kappa shape index (κ1) is 51.6. The normalized spacial score (nSPS) is 11.0. The Labute approximate surface area is 295 Å². The molecule has 1 saturated heterocycles. The van der Waals surface area contributed by atoms with Crippen LogP contribution in [-0.4, -0.2) is 78.9 Å². The third-order valence-corrected chi connectivity index (χ3v) is 6.42. The van der Waals surface area contributed by atoms with Crippen LogP contribution in [0.4, 0.5) is 10.6 Å². The highest BCUT2D eigenvalue weighted by Gasteiger charge is 2.13. The molecule has 10 heteroatoms. The summed E-state index contributed by atoms with van der Waals surface area (Å²) in [6.07, 6.45) is 13.0. The summed E-state index contributed by atoms with van der Waals surface area (Å²) in [5.74, 6) is 1.08. The number of primary amides is 2. The van der Waals surface area contributed by atoms with E-state index in [1.807, 2.05) is 48.5 Å². The molecule has 10 nitrogen and oxygen atoms in total. The fourth-order valence-corrected chi connectivity index (χ4v) is 4.06. The second-order valence-corrected chi connectivity index (χ2v) is 10.4. The van der Waals surface area contributed by atoms with Crippen molar-refractivity contribution in [3.8, 4) is 0 Å². The van der Waals surface area contributed by atoms with Gasteiger partial charge in [0.1, 0.15) is 11.5 Å². The van der Waals surface area contributed by atoms with Gasteiger partial charge in [0.05, 0.1) is 25.6 Å². The Kier molecular flexibility index (Phi) is 41.1. The number of ether oxygens (including phenoxy) is 1. The molecule has 0 aliphatic carbocycles. The van der Waals surface area contributed by atoms with E-state index in [1.165, 1.54) is 67.2 Å². The summed E-state index contributed by atoms with van der Waals surface area (Å²) < 4.78 is 4.88. The minimum atomic E-state index is -0.535. The highest BCUT2D eigenvalue weighted by atomic mass is 16.5. The lowest BCUT2D eigenvalue weighted by molar-refractivity contribution is 0.0928. The molecule has 1 aromatic carbocycles. The number of hydrogen-bond acceptors (Lipinski definition) is 7. The quantitative estimate of drug-likeness (QED) is 0.202. The molecule has 1 aromatic heterocycles. The number of hydrogen-bond donors (Lipinski definition) is 3. The smallest absolute Gasteiger partial charge is 0.314 e. The number of nitrogens with zero attached hydrogens (tertiary/aromatic N) is 4. The van der Waals surface area contributed by atoms with Gasteiger partial charge in [0.15, 0.2) is 0 Å². The number of amides is 3. The average molecular weight is 679 g/mol. The third-order valence-electron chi connectivity index (χ3n) is 6.42. The minimum Gasteiger partial charge on any atom is -0.394 e. The van der Waals surface area contributed by atoms with Crippen molar-refractivity contribution in [3.63, 3.8) is 0 Å². The molecule has 3 amide bonds. The summed E-state index contributed by atoms with van der Waals surface area (Å²) in [5.41, 5.74) is 12.9. The van der Waals surface area contributed by atoms with Gasteiger partial charge in [-0.15, -0.1) is 0 Å². The van der Waals surface area contributed by atoms with Gasteiger partial charge < -0.3 is 31.1 Å². The van der Waals surface area contributed by atoms with Gasteiger partial charge in [-0.3, -0.25) is 4.79 Å². The first-order valence-electron chi connectivity index (χ1n) is 18.2. The van der Waals surface area contributed by atoms with Crippen molar-refractivity contribution >= 4 is 17.8 Å². The topological polar surface area (TPSA) is 148 Å². The molecule has 5 N–H and O–H groups in total. The van der Waals surface area contributed by atoms with Crippen LogP contribution in [0.1, 0.15) is 141 Å². The molecule has 3 rings (SSSR count). The molecule has 1 aliphatic rings. The Hall–Kier alpha value is -3.24. The molecular weight excluding hydrogens is 604 g/mol. The van der Waals surface area contributed by atoms with Crippen LogP contribution in [0.2, 0.25) is 0 Å². The second-order valence-electron chi connectivity index (χ2n) is 10.4.